The van der Waals surface area contributed by atoms with E-state index in [1.807, 2.05) is 42.5 Å². The van der Waals surface area contributed by atoms with Crippen LogP contribution >= 0.6 is 27.5 Å². The molecule has 0 bridgehead atoms. The Morgan fingerprint density at radius 2 is 1.80 bits per heavy atom. The quantitative estimate of drug-likeness (QED) is 0.243. The first kappa shape index (κ1) is 23.4. The van der Waals surface area contributed by atoms with E-state index in [2.05, 4.69) is 30.3 Å². The van der Waals surface area contributed by atoms with E-state index in [-0.39, 0.29) is 11.4 Å². The van der Waals surface area contributed by atoms with Crippen molar-refractivity contribution in [3.8, 4) is 17.0 Å². The Bertz CT molecular complexity index is 1590. The molecule has 0 radical (unpaired) electrons. The molecule has 5 aromatic rings. The molecule has 3 aromatic carbocycles. The van der Waals surface area contributed by atoms with Gasteiger partial charge in [-0.15, -0.1) is 0 Å². The van der Waals surface area contributed by atoms with E-state index < -0.39 is 10.0 Å². The molecule has 35 heavy (non-hydrogen) atoms. The van der Waals surface area contributed by atoms with Crippen LogP contribution in [0.2, 0.25) is 0 Å². The number of hydrogen-bond donors (Lipinski definition) is 0. The van der Waals surface area contributed by atoms with Gasteiger partial charge in [0.2, 0.25) is 5.13 Å². The predicted molar refractivity (Wildman–Crippen MR) is 141 cm³/mol. The molecule has 0 aliphatic rings. The maximum atomic E-state index is 13.8. The van der Waals surface area contributed by atoms with Crippen molar-refractivity contribution in [2.75, 3.05) is 11.4 Å². The zero-order valence-electron chi connectivity index (χ0n) is 18.5. The third-order valence-electron chi connectivity index (χ3n) is 5.50. The van der Waals surface area contributed by atoms with Crippen molar-refractivity contribution in [1.82, 2.24) is 14.3 Å². The zero-order chi connectivity index (χ0) is 24.4. The monoisotopic (exact) mass is 566 g/mol. The van der Waals surface area contributed by atoms with Crippen molar-refractivity contribution in [2.24, 2.45) is 0 Å². The first-order valence-electron chi connectivity index (χ1n) is 10.5. The van der Waals surface area contributed by atoms with Gasteiger partial charge in [-0.2, -0.15) is 4.37 Å². The van der Waals surface area contributed by atoms with Crippen molar-refractivity contribution in [2.45, 2.75) is 11.4 Å². The van der Waals surface area contributed by atoms with Crippen molar-refractivity contribution in [3.05, 3.63) is 95.4 Å². The first-order valence-corrected chi connectivity index (χ1v) is 13.5. The molecule has 0 saturated carbocycles. The Hall–Kier alpha value is -3.34. The number of methoxy groups -OCH3 is 1. The van der Waals surface area contributed by atoms with Gasteiger partial charge < -0.3 is 4.74 Å². The lowest BCUT2D eigenvalue weighted by molar-refractivity contribution is 0.414. The molecule has 176 valence electrons. The number of rotatable bonds is 7. The minimum absolute atomic E-state index is 0.109. The lowest BCUT2D eigenvalue weighted by Crippen LogP contribution is -2.30. The molecule has 0 aliphatic heterocycles. The number of halogens is 1. The fraction of sp³-hybridized carbons (Fsp3) is 0.0800. The Morgan fingerprint density at radius 1 is 1.00 bits per heavy atom. The first-order chi connectivity index (χ1) is 17.0. The Balaban J connectivity index is 1.57. The summed E-state index contributed by atoms with van der Waals surface area (Å²) in [4.78, 5) is 8.90. The van der Waals surface area contributed by atoms with Gasteiger partial charge in [-0.1, -0.05) is 52.3 Å². The molecular formula is C25H19BrN4O3S2. The summed E-state index contributed by atoms with van der Waals surface area (Å²) in [7, 11) is -2.35. The van der Waals surface area contributed by atoms with Crippen molar-refractivity contribution in [3.63, 3.8) is 0 Å². The number of nitrogens with zero attached hydrogens (tertiary/aromatic N) is 4. The van der Waals surface area contributed by atoms with Crippen LogP contribution < -0.4 is 9.04 Å². The number of aromatic nitrogens is 3. The van der Waals surface area contributed by atoms with Crippen molar-refractivity contribution >= 4 is 53.4 Å². The largest absolute Gasteiger partial charge is 0.497 e. The minimum atomic E-state index is -3.93. The molecule has 2 aromatic heterocycles. The molecule has 0 spiro atoms. The molecule has 10 heteroatoms. The summed E-state index contributed by atoms with van der Waals surface area (Å²) in [6.45, 7) is 0.109. The van der Waals surface area contributed by atoms with Crippen molar-refractivity contribution < 1.29 is 13.2 Å². The Labute approximate surface area is 215 Å². The molecule has 0 saturated heterocycles. The van der Waals surface area contributed by atoms with Gasteiger partial charge in [-0.3, -0.25) is 4.98 Å². The van der Waals surface area contributed by atoms with Gasteiger partial charge in [-0.25, -0.2) is 17.7 Å². The fourth-order valence-electron chi connectivity index (χ4n) is 3.74. The summed E-state index contributed by atoms with van der Waals surface area (Å²) in [6.07, 6.45) is 3.04. The van der Waals surface area contributed by atoms with E-state index >= 15 is 0 Å². The maximum Gasteiger partial charge on any atom is 0.266 e. The smallest absolute Gasteiger partial charge is 0.266 e. The Kier molecular flexibility index (Phi) is 6.50. The molecular weight excluding hydrogens is 548 g/mol. The van der Waals surface area contributed by atoms with Crippen LogP contribution in [-0.4, -0.2) is 29.9 Å². The second-order valence-corrected chi connectivity index (χ2v) is 11.1. The van der Waals surface area contributed by atoms with Gasteiger partial charge >= 0.3 is 0 Å². The van der Waals surface area contributed by atoms with Gasteiger partial charge in [-0.05, 0) is 47.3 Å². The van der Waals surface area contributed by atoms with Crippen LogP contribution in [0.3, 0.4) is 0 Å². The van der Waals surface area contributed by atoms with Gasteiger partial charge in [0.1, 0.15) is 12.1 Å². The SMILES string of the molecule is COc1ccc(CN(c2ncns2)S(=O)(=O)c2ccc3c(-c4ccccc4Br)nccc3c2)cc1. The average Bonchev–Trinajstić information content (AvgIpc) is 3.42. The standard InChI is InChI=1S/C25H19BrN4O3S2/c1-33-19-8-6-17(7-9-19)15-30(25-28-16-29-34-25)35(31,32)20-10-11-21-18(14-20)12-13-27-24(21)22-4-2-3-5-23(22)26/h2-14,16H,15H2,1H3. The fourth-order valence-corrected chi connectivity index (χ4v) is 6.39. The topological polar surface area (TPSA) is 85.3 Å². The summed E-state index contributed by atoms with van der Waals surface area (Å²) in [5.74, 6) is 0.697. The van der Waals surface area contributed by atoms with Crippen LogP contribution in [0.4, 0.5) is 5.13 Å². The van der Waals surface area contributed by atoms with E-state index in [0.717, 1.165) is 43.6 Å². The molecule has 5 rings (SSSR count). The van der Waals surface area contributed by atoms with Gasteiger partial charge in [0.25, 0.3) is 10.0 Å². The van der Waals surface area contributed by atoms with E-state index in [4.69, 9.17) is 4.74 Å². The third kappa shape index (κ3) is 4.64. The maximum absolute atomic E-state index is 13.8. The number of ether oxygens (including phenoxy) is 1. The summed E-state index contributed by atoms with van der Waals surface area (Å²) >= 11 is 4.61. The predicted octanol–water partition coefficient (Wildman–Crippen LogP) is 5.92. The normalized spacial score (nSPS) is 11.5. The molecule has 0 aliphatic carbocycles. The highest BCUT2D eigenvalue weighted by molar-refractivity contribution is 9.10. The van der Waals surface area contributed by atoms with E-state index in [9.17, 15) is 8.42 Å². The second kappa shape index (κ2) is 9.73. The van der Waals surface area contributed by atoms with Crippen LogP contribution in [-0.2, 0) is 16.6 Å². The third-order valence-corrected chi connectivity index (χ3v) is 8.73. The zero-order valence-corrected chi connectivity index (χ0v) is 21.7. The van der Waals surface area contributed by atoms with Crippen LogP contribution in [0.1, 0.15) is 5.56 Å². The number of sulfonamides is 1. The summed E-state index contributed by atoms with van der Waals surface area (Å²) in [5.41, 5.74) is 2.51. The second-order valence-electron chi connectivity index (χ2n) is 7.61. The highest BCUT2D eigenvalue weighted by atomic mass is 79.9. The average molecular weight is 567 g/mol. The molecule has 2 heterocycles. The van der Waals surface area contributed by atoms with Crippen LogP contribution in [0.25, 0.3) is 22.0 Å². The van der Waals surface area contributed by atoms with E-state index in [1.54, 1.807) is 43.6 Å². The molecule has 0 N–H and O–H groups in total. The van der Waals surface area contributed by atoms with Gasteiger partial charge in [0.05, 0.1) is 24.2 Å². The van der Waals surface area contributed by atoms with Crippen LogP contribution in [0.5, 0.6) is 5.75 Å². The summed E-state index contributed by atoms with van der Waals surface area (Å²) in [5, 5.41) is 1.93. The number of anilines is 1. The minimum Gasteiger partial charge on any atom is -0.497 e. The molecule has 0 fully saturated rings. The van der Waals surface area contributed by atoms with E-state index in [1.165, 1.54) is 10.6 Å². The molecule has 0 atom stereocenters. The van der Waals surface area contributed by atoms with Crippen LogP contribution in [0, 0.1) is 0 Å². The van der Waals surface area contributed by atoms with Crippen LogP contribution in [0.15, 0.2) is 94.7 Å². The number of hydrogen-bond acceptors (Lipinski definition) is 7. The number of pyridine rings is 1. The molecule has 7 nitrogen and oxygen atoms in total. The highest BCUT2D eigenvalue weighted by Gasteiger charge is 2.28. The lowest BCUT2D eigenvalue weighted by atomic mass is 10.0. The lowest BCUT2D eigenvalue weighted by Gasteiger charge is -2.22. The summed E-state index contributed by atoms with van der Waals surface area (Å²) < 4.78 is 39.1. The van der Waals surface area contributed by atoms with Gasteiger partial charge in [0.15, 0.2) is 0 Å². The van der Waals surface area contributed by atoms with Crippen molar-refractivity contribution in [1.29, 1.82) is 0 Å². The Morgan fingerprint density at radius 3 is 2.51 bits per heavy atom. The highest BCUT2D eigenvalue weighted by Crippen LogP contribution is 2.34. The number of fused-ring (bicyclic) bond motifs is 1. The summed E-state index contributed by atoms with van der Waals surface area (Å²) in [6, 6.07) is 22.0. The van der Waals surface area contributed by atoms with Gasteiger partial charge in [0, 0.05) is 33.2 Å². The van der Waals surface area contributed by atoms with E-state index in [0.29, 0.717) is 10.9 Å². The molecule has 0 amide bonds. The number of benzene rings is 3. The molecule has 0 unspecified atom stereocenters.